The highest BCUT2D eigenvalue weighted by molar-refractivity contribution is 5.84. The van der Waals surface area contributed by atoms with Crippen LogP contribution in [0.4, 0.5) is 0 Å². The third-order valence-corrected chi connectivity index (χ3v) is 5.08. The summed E-state index contributed by atoms with van der Waals surface area (Å²) in [5, 5.41) is 42.2. The van der Waals surface area contributed by atoms with Gasteiger partial charge in [-0.3, -0.25) is 9.59 Å². The minimum atomic E-state index is -1.19. The van der Waals surface area contributed by atoms with Crippen molar-refractivity contribution in [2.45, 2.75) is 50.6 Å². The van der Waals surface area contributed by atoms with Gasteiger partial charge < -0.3 is 31.1 Å². The smallest absolute Gasteiger partial charge is 0.326 e. The van der Waals surface area contributed by atoms with Crippen molar-refractivity contribution in [1.29, 1.82) is 0 Å². The third kappa shape index (κ3) is 9.19. The van der Waals surface area contributed by atoms with Crippen LogP contribution < -0.4 is 10.6 Å². The van der Waals surface area contributed by atoms with Crippen LogP contribution in [-0.4, -0.2) is 56.3 Å². The lowest BCUT2D eigenvalue weighted by molar-refractivity contribution is -0.142. The van der Waals surface area contributed by atoms with Gasteiger partial charge in [0.05, 0.1) is 0 Å². The van der Waals surface area contributed by atoms with Crippen molar-refractivity contribution in [3.05, 3.63) is 59.7 Å². The molecule has 2 aromatic carbocycles. The largest absolute Gasteiger partial charge is 0.508 e. The van der Waals surface area contributed by atoms with Crippen molar-refractivity contribution in [1.82, 2.24) is 10.6 Å². The Balaban J connectivity index is 1.73. The van der Waals surface area contributed by atoms with Crippen molar-refractivity contribution >= 4 is 23.8 Å². The molecule has 2 aromatic rings. The van der Waals surface area contributed by atoms with Crippen molar-refractivity contribution in [3.8, 4) is 11.5 Å². The molecule has 182 valence electrons. The van der Waals surface area contributed by atoms with Gasteiger partial charge in [0.25, 0.3) is 0 Å². The molecule has 0 aliphatic carbocycles. The maximum Gasteiger partial charge on any atom is 0.326 e. The van der Waals surface area contributed by atoms with Crippen molar-refractivity contribution in [2.75, 3.05) is 0 Å². The van der Waals surface area contributed by atoms with Crippen LogP contribution in [0, 0.1) is 0 Å². The van der Waals surface area contributed by atoms with E-state index in [1.807, 2.05) is 0 Å². The summed E-state index contributed by atoms with van der Waals surface area (Å²) in [5.41, 5.74) is 1.28. The lowest BCUT2D eigenvalue weighted by Crippen LogP contribution is -2.42. The minimum Gasteiger partial charge on any atom is -0.508 e. The highest BCUT2D eigenvalue weighted by Crippen LogP contribution is 2.13. The first-order valence-electron chi connectivity index (χ1n) is 10.7. The number of carboxylic acid groups (broad SMARTS) is 2. The molecule has 0 bridgehead atoms. The number of aromatic hydroxyl groups is 2. The van der Waals surface area contributed by atoms with Crippen LogP contribution >= 0.6 is 0 Å². The molecule has 0 radical (unpaired) electrons. The molecule has 0 saturated carbocycles. The van der Waals surface area contributed by atoms with Crippen LogP contribution in [0.1, 0.15) is 36.8 Å². The molecule has 0 aromatic heterocycles. The Kier molecular flexibility index (Phi) is 9.88. The first-order chi connectivity index (χ1) is 16.1. The molecule has 0 aliphatic heterocycles. The van der Waals surface area contributed by atoms with Crippen LogP contribution in [0.2, 0.25) is 0 Å². The molecule has 2 rings (SSSR count). The molecular formula is C24H28N2O8. The van der Waals surface area contributed by atoms with Crippen LogP contribution in [0.25, 0.3) is 0 Å². The topological polar surface area (TPSA) is 173 Å². The van der Waals surface area contributed by atoms with Crippen molar-refractivity contribution in [2.24, 2.45) is 0 Å². The van der Waals surface area contributed by atoms with E-state index >= 15 is 0 Å². The highest BCUT2D eigenvalue weighted by Gasteiger charge is 2.22. The SMILES string of the molecule is O=C(CCCCC(=O)N[C@@H](Cc1ccc(O)cc1)C(=O)O)N[C@@H](Cc1ccc(O)cc1)C(=O)O. The van der Waals surface area contributed by atoms with Gasteiger partial charge in [-0.25, -0.2) is 9.59 Å². The summed E-state index contributed by atoms with van der Waals surface area (Å²) in [6.07, 6.45) is 0.786. The standard InChI is InChI=1S/C24H28N2O8/c27-17-9-5-15(6-10-17)13-19(23(31)32)25-21(29)3-1-2-4-22(30)26-20(24(33)34)14-16-7-11-18(28)12-8-16/h5-12,19-20,27-28H,1-4,13-14H2,(H,25,29)(H,26,30)(H,31,32)(H,33,34)/t19-,20-/m0/s1. The van der Waals surface area contributed by atoms with Crippen molar-refractivity contribution in [3.63, 3.8) is 0 Å². The van der Waals surface area contributed by atoms with Gasteiger partial charge in [0.15, 0.2) is 0 Å². The van der Waals surface area contributed by atoms with Crippen LogP contribution in [0.3, 0.4) is 0 Å². The number of aliphatic carboxylic acids is 2. The van der Waals surface area contributed by atoms with Gasteiger partial charge >= 0.3 is 11.9 Å². The van der Waals surface area contributed by atoms with E-state index in [-0.39, 0.29) is 37.2 Å². The fourth-order valence-corrected chi connectivity index (χ4v) is 3.24. The number of unbranched alkanes of at least 4 members (excludes halogenated alkanes) is 1. The fraction of sp³-hybridized carbons (Fsp3) is 0.333. The second-order valence-corrected chi connectivity index (χ2v) is 7.86. The zero-order valence-electron chi connectivity index (χ0n) is 18.4. The number of carbonyl (C=O) groups is 4. The van der Waals surface area contributed by atoms with Gasteiger partial charge in [-0.15, -0.1) is 0 Å². The summed E-state index contributed by atoms with van der Waals surface area (Å²) in [6.45, 7) is 0. The second-order valence-electron chi connectivity index (χ2n) is 7.86. The van der Waals surface area contributed by atoms with Crippen LogP contribution in [0.15, 0.2) is 48.5 Å². The number of amides is 2. The molecule has 34 heavy (non-hydrogen) atoms. The molecule has 0 fully saturated rings. The number of hydrogen-bond donors (Lipinski definition) is 6. The molecule has 0 unspecified atom stereocenters. The van der Waals surface area contributed by atoms with Gasteiger partial charge in [-0.1, -0.05) is 24.3 Å². The van der Waals surface area contributed by atoms with Gasteiger partial charge in [0.1, 0.15) is 23.6 Å². The van der Waals surface area contributed by atoms with E-state index < -0.39 is 35.8 Å². The number of carbonyl (C=O) groups excluding carboxylic acids is 2. The Morgan fingerprint density at radius 2 is 0.941 bits per heavy atom. The Labute approximate surface area is 196 Å². The maximum absolute atomic E-state index is 12.1. The van der Waals surface area contributed by atoms with E-state index in [2.05, 4.69) is 10.6 Å². The summed E-state index contributed by atoms with van der Waals surface area (Å²) in [6, 6.07) is 9.75. The molecular weight excluding hydrogens is 444 g/mol. The van der Waals surface area contributed by atoms with Gasteiger partial charge in [0, 0.05) is 25.7 Å². The van der Waals surface area contributed by atoms with E-state index in [1.54, 1.807) is 24.3 Å². The van der Waals surface area contributed by atoms with E-state index in [4.69, 9.17) is 0 Å². The highest BCUT2D eigenvalue weighted by atomic mass is 16.4. The third-order valence-electron chi connectivity index (χ3n) is 5.08. The Bertz CT molecular complexity index is 908. The van der Waals surface area contributed by atoms with Gasteiger partial charge in [0.2, 0.25) is 11.8 Å². The lowest BCUT2D eigenvalue weighted by Gasteiger charge is -2.15. The van der Waals surface area contributed by atoms with Gasteiger partial charge in [-0.05, 0) is 48.2 Å². The number of hydrogen-bond acceptors (Lipinski definition) is 6. The molecule has 0 aliphatic rings. The number of phenols is 2. The normalized spacial score (nSPS) is 12.4. The summed E-state index contributed by atoms with van der Waals surface area (Å²) in [5.74, 6) is -3.20. The number of nitrogens with one attached hydrogen (secondary N) is 2. The molecule has 0 heterocycles. The van der Waals surface area contributed by atoms with Crippen LogP contribution in [0.5, 0.6) is 11.5 Å². The fourth-order valence-electron chi connectivity index (χ4n) is 3.24. The summed E-state index contributed by atoms with van der Waals surface area (Å²) < 4.78 is 0. The summed E-state index contributed by atoms with van der Waals surface area (Å²) in [4.78, 5) is 47.2. The lowest BCUT2D eigenvalue weighted by atomic mass is 10.0. The average Bonchev–Trinajstić information content (AvgIpc) is 2.78. The zero-order chi connectivity index (χ0) is 25.1. The zero-order valence-corrected chi connectivity index (χ0v) is 18.4. The molecule has 6 N–H and O–H groups in total. The predicted molar refractivity (Wildman–Crippen MR) is 121 cm³/mol. The van der Waals surface area contributed by atoms with Crippen LogP contribution in [-0.2, 0) is 32.0 Å². The van der Waals surface area contributed by atoms with Crippen molar-refractivity contribution < 1.29 is 39.6 Å². The van der Waals surface area contributed by atoms with E-state index in [0.29, 0.717) is 24.0 Å². The second kappa shape index (κ2) is 12.8. The summed E-state index contributed by atoms with van der Waals surface area (Å²) >= 11 is 0. The Morgan fingerprint density at radius 3 is 1.24 bits per heavy atom. The molecule has 10 nitrogen and oxygen atoms in total. The number of phenolic OH excluding ortho intramolecular Hbond substituents is 2. The first-order valence-corrected chi connectivity index (χ1v) is 10.7. The van der Waals surface area contributed by atoms with Gasteiger partial charge in [-0.2, -0.15) is 0 Å². The van der Waals surface area contributed by atoms with E-state index in [1.165, 1.54) is 24.3 Å². The Hall–Kier alpha value is -4.08. The molecule has 2 amide bonds. The number of carboxylic acids is 2. The van der Waals surface area contributed by atoms with E-state index in [9.17, 15) is 39.6 Å². The van der Waals surface area contributed by atoms with E-state index in [0.717, 1.165) is 0 Å². The Morgan fingerprint density at radius 1 is 0.618 bits per heavy atom. The molecule has 2 atom stereocenters. The predicted octanol–water partition coefficient (Wildman–Crippen LogP) is 1.58. The number of rotatable bonds is 13. The number of benzene rings is 2. The molecule has 10 heteroatoms. The summed E-state index contributed by atoms with van der Waals surface area (Å²) in [7, 11) is 0. The molecule has 0 spiro atoms. The molecule has 0 saturated heterocycles. The quantitative estimate of drug-likeness (QED) is 0.238. The minimum absolute atomic E-state index is 0.0164. The first kappa shape index (κ1) is 26.2. The average molecular weight is 472 g/mol. The maximum atomic E-state index is 12.1. The monoisotopic (exact) mass is 472 g/mol.